The van der Waals surface area contributed by atoms with E-state index < -0.39 is 35.9 Å². The molecule has 1 aliphatic carbocycles. The Kier molecular flexibility index (Phi) is 6.73. The number of fused-ring (bicyclic) bond motifs is 1. The molecule has 1 aromatic carbocycles. The molecule has 4 rings (SSSR count). The highest BCUT2D eigenvalue weighted by Gasteiger charge is 2.49. The van der Waals surface area contributed by atoms with Crippen LogP contribution in [-0.2, 0) is 32.7 Å². The lowest BCUT2D eigenvalue weighted by Crippen LogP contribution is -2.42. The maximum atomic E-state index is 13.3. The quantitative estimate of drug-likeness (QED) is 0.460. The van der Waals surface area contributed by atoms with Crippen molar-refractivity contribution < 1.29 is 23.9 Å². The van der Waals surface area contributed by atoms with Crippen LogP contribution in [-0.4, -0.2) is 42.4 Å². The Labute approximate surface area is 209 Å². The number of urea groups is 1. The van der Waals surface area contributed by atoms with E-state index in [9.17, 15) is 19.2 Å². The van der Waals surface area contributed by atoms with Crippen LogP contribution in [0.5, 0.6) is 0 Å². The standard InChI is InChI=1S/C26H31N3O5S/c1-14(2)16-7-9-17(10-8-16)26(4)24(32)29(25(33)28-26)13-20(30)27-22-21(23(31)34-5)18-11-6-15(3)12-19(18)35-22/h7-10,14-15H,6,11-13H2,1-5H3,(H,27,30)(H,28,33)/t15?,26-/m0/s1. The van der Waals surface area contributed by atoms with E-state index >= 15 is 0 Å². The number of benzene rings is 1. The topological polar surface area (TPSA) is 105 Å². The molecule has 1 aliphatic heterocycles. The van der Waals surface area contributed by atoms with Crippen molar-refractivity contribution in [1.29, 1.82) is 0 Å². The first-order valence-corrected chi connectivity index (χ1v) is 12.6. The molecule has 2 N–H and O–H groups in total. The van der Waals surface area contributed by atoms with E-state index in [0.29, 0.717) is 28.0 Å². The van der Waals surface area contributed by atoms with Crippen LogP contribution in [0.3, 0.4) is 0 Å². The van der Waals surface area contributed by atoms with Crippen LogP contribution in [0, 0.1) is 5.92 Å². The Morgan fingerprint density at radius 1 is 1.26 bits per heavy atom. The number of imide groups is 1. The van der Waals surface area contributed by atoms with Crippen molar-refractivity contribution >= 4 is 40.2 Å². The van der Waals surface area contributed by atoms with Gasteiger partial charge in [0.05, 0.1) is 12.7 Å². The Bertz CT molecular complexity index is 1190. The van der Waals surface area contributed by atoms with Crippen LogP contribution in [0.4, 0.5) is 9.80 Å². The summed E-state index contributed by atoms with van der Waals surface area (Å²) in [5.41, 5.74) is 1.81. The number of methoxy groups -OCH3 is 1. The van der Waals surface area contributed by atoms with Gasteiger partial charge in [0.25, 0.3) is 5.91 Å². The molecule has 186 valence electrons. The molecule has 0 saturated carbocycles. The summed E-state index contributed by atoms with van der Waals surface area (Å²) in [6.07, 6.45) is 2.54. The minimum atomic E-state index is -1.26. The Morgan fingerprint density at radius 2 is 1.94 bits per heavy atom. The smallest absolute Gasteiger partial charge is 0.341 e. The molecule has 0 radical (unpaired) electrons. The molecular formula is C26H31N3O5S. The highest BCUT2D eigenvalue weighted by atomic mass is 32.1. The van der Waals surface area contributed by atoms with Crippen molar-refractivity contribution in [3.8, 4) is 0 Å². The van der Waals surface area contributed by atoms with Gasteiger partial charge in [-0.2, -0.15) is 0 Å². The van der Waals surface area contributed by atoms with Gasteiger partial charge in [0.1, 0.15) is 17.1 Å². The number of ether oxygens (including phenoxy) is 1. The average molecular weight is 498 g/mol. The van der Waals surface area contributed by atoms with Crippen LogP contribution >= 0.6 is 11.3 Å². The fourth-order valence-corrected chi connectivity index (χ4v) is 6.12. The van der Waals surface area contributed by atoms with Crippen molar-refractivity contribution in [3.05, 3.63) is 51.4 Å². The largest absolute Gasteiger partial charge is 0.465 e. The molecule has 2 aliphatic rings. The monoisotopic (exact) mass is 497 g/mol. The van der Waals surface area contributed by atoms with Crippen LogP contribution in [0.25, 0.3) is 0 Å². The predicted octanol–water partition coefficient (Wildman–Crippen LogP) is 4.19. The van der Waals surface area contributed by atoms with E-state index in [-0.39, 0.29) is 0 Å². The summed E-state index contributed by atoms with van der Waals surface area (Å²) in [4.78, 5) is 53.4. The van der Waals surface area contributed by atoms with E-state index in [0.717, 1.165) is 40.2 Å². The van der Waals surface area contributed by atoms with Crippen molar-refractivity contribution in [2.45, 2.75) is 58.4 Å². The summed E-state index contributed by atoms with van der Waals surface area (Å²) in [6, 6.07) is 6.91. The Balaban J connectivity index is 1.52. The van der Waals surface area contributed by atoms with Crippen LogP contribution < -0.4 is 10.6 Å². The number of thiophene rings is 1. The third-order valence-corrected chi connectivity index (χ3v) is 8.06. The van der Waals surface area contributed by atoms with Gasteiger partial charge < -0.3 is 15.4 Å². The molecule has 35 heavy (non-hydrogen) atoms. The first-order valence-electron chi connectivity index (χ1n) is 11.8. The molecule has 2 atom stereocenters. The van der Waals surface area contributed by atoms with Crippen LogP contribution in [0.15, 0.2) is 24.3 Å². The first-order chi connectivity index (χ1) is 16.5. The zero-order chi connectivity index (χ0) is 25.5. The highest BCUT2D eigenvalue weighted by molar-refractivity contribution is 7.17. The van der Waals surface area contributed by atoms with E-state index in [2.05, 4.69) is 31.4 Å². The van der Waals surface area contributed by atoms with Gasteiger partial charge >= 0.3 is 12.0 Å². The number of rotatable bonds is 6. The fraction of sp³-hybridized carbons (Fsp3) is 0.462. The lowest BCUT2D eigenvalue weighted by molar-refractivity contribution is -0.133. The number of nitrogens with zero attached hydrogens (tertiary/aromatic N) is 1. The molecule has 2 heterocycles. The fourth-order valence-electron chi connectivity index (χ4n) is 4.70. The summed E-state index contributed by atoms with van der Waals surface area (Å²) < 4.78 is 4.96. The average Bonchev–Trinajstić information content (AvgIpc) is 3.27. The summed E-state index contributed by atoms with van der Waals surface area (Å²) in [6.45, 7) is 7.50. The second-order valence-electron chi connectivity index (χ2n) is 9.82. The summed E-state index contributed by atoms with van der Waals surface area (Å²) in [5.74, 6) is -0.716. The molecule has 1 unspecified atom stereocenters. The van der Waals surface area contributed by atoms with Gasteiger partial charge in [0, 0.05) is 4.88 Å². The van der Waals surface area contributed by atoms with Gasteiger partial charge in [-0.05, 0) is 54.7 Å². The molecule has 1 fully saturated rings. The lowest BCUT2D eigenvalue weighted by atomic mass is 9.88. The molecular weight excluding hydrogens is 466 g/mol. The van der Waals surface area contributed by atoms with Gasteiger partial charge in [0.15, 0.2) is 0 Å². The van der Waals surface area contributed by atoms with Crippen LogP contribution in [0.1, 0.15) is 72.0 Å². The summed E-state index contributed by atoms with van der Waals surface area (Å²) in [5, 5.41) is 5.89. The third-order valence-electron chi connectivity index (χ3n) is 6.89. The number of amides is 4. The van der Waals surface area contributed by atoms with E-state index in [1.807, 2.05) is 24.3 Å². The van der Waals surface area contributed by atoms with Crippen molar-refractivity contribution in [1.82, 2.24) is 10.2 Å². The third kappa shape index (κ3) is 4.57. The minimum absolute atomic E-state index is 0.340. The van der Waals surface area contributed by atoms with Gasteiger partial charge in [-0.25, -0.2) is 9.59 Å². The lowest BCUT2D eigenvalue weighted by Gasteiger charge is -2.22. The SMILES string of the molecule is COC(=O)c1c(NC(=O)CN2C(=O)N[C@@](C)(c3ccc(C(C)C)cc3)C2=O)sc2c1CCC(C)C2. The van der Waals surface area contributed by atoms with Crippen molar-refractivity contribution in [3.63, 3.8) is 0 Å². The number of carbonyl (C=O) groups is 4. The Hall–Kier alpha value is -3.20. The normalized spacial score (nSPS) is 21.7. The Morgan fingerprint density at radius 3 is 2.57 bits per heavy atom. The number of hydrogen-bond acceptors (Lipinski definition) is 6. The zero-order valence-electron chi connectivity index (χ0n) is 20.7. The molecule has 9 heteroatoms. The summed E-state index contributed by atoms with van der Waals surface area (Å²) in [7, 11) is 1.31. The van der Waals surface area contributed by atoms with Crippen LogP contribution in [0.2, 0.25) is 0 Å². The van der Waals surface area contributed by atoms with Gasteiger partial charge in [-0.3, -0.25) is 14.5 Å². The first kappa shape index (κ1) is 24.9. The second-order valence-corrected chi connectivity index (χ2v) is 10.9. The number of anilines is 1. The number of nitrogens with one attached hydrogen (secondary N) is 2. The molecule has 8 nitrogen and oxygen atoms in total. The number of carbonyl (C=O) groups excluding carboxylic acids is 4. The maximum absolute atomic E-state index is 13.3. The maximum Gasteiger partial charge on any atom is 0.341 e. The van der Waals surface area contributed by atoms with E-state index in [4.69, 9.17) is 4.74 Å². The van der Waals surface area contributed by atoms with Crippen molar-refractivity contribution in [2.24, 2.45) is 5.92 Å². The van der Waals surface area contributed by atoms with Gasteiger partial charge in [0.2, 0.25) is 5.91 Å². The van der Waals surface area contributed by atoms with E-state index in [1.165, 1.54) is 18.4 Å². The molecule has 0 bridgehead atoms. The minimum Gasteiger partial charge on any atom is -0.465 e. The molecule has 1 saturated heterocycles. The van der Waals surface area contributed by atoms with Gasteiger partial charge in [-0.15, -0.1) is 11.3 Å². The molecule has 1 aromatic heterocycles. The molecule has 4 amide bonds. The van der Waals surface area contributed by atoms with Gasteiger partial charge in [-0.1, -0.05) is 45.0 Å². The van der Waals surface area contributed by atoms with E-state index in [1.54, 1.807) is 6.92 Å². The number of hydrogen-bond donors (Lipinski definition) is 2. The van der Waals surface area contributed by atoms with Crippen molar-refractivity contribution in [2.75, 3.05) is 19.0 Å². The predicted molar refractivity (Wildman–Crippen MR) is 134 cm³/mol. The summed E-state index contributed by atoms with van der Waals surface area (Å²) >= 11 is 1.36. The zero-order valence-corrected chi connectivity index (χ0v) is 21.5. The number of esters is 1. The highest BCUT2D eigenvalue weighted by Crippen LogP contribution is 2.40. The second kappa shape index (κ2) is 9.45. The molecule has 2 aromatic rings. The molecule has 0 spiro atoms.